The van der Waals surface area contributed by atoms with Crippen LogP contribution in [0.5, 0.6) is 0 Å². The van der Waals surface area contributed by atoms with Crippen LogP contribution < -0.4 is 0 Å². The first-order chi connectivity index (χ1) is 8.75. The van der Waals surface area contributed by atoms with E-state index in [1.165, 1.54) is 16.8 Å². The molecule has 0 unspecified atom stereocenters. The van der Waals surface area contributed by atoms with E-state index in [9.17, 15) is 0 Å². The summed E-state index contributed by atoms with van der Waals surface area (Å²) in [6.45, 7) is 8.03. The molecule has 0 fully saturated rings. The maximum atomic E-state index is 4.48. The molecule has 0 aliphatic carbocycles. The predicted molar refractivity (Wildman–Crippen MR) is 73.0 cm³/mol. The van der Waals surface area contributed by atoms with Crippen LogP contribution in [0, 0.1) is 0 Å². The summed E-state index contributed by atoms with van der Waals surface area (Å²) < 4.78 is 0. The summed E-state index contributed by atoms with van der Waals surface area (Å²) in [5.74, 6) is 0. The summed E-state index contributed by atoms with van der Waals surface area (Å²) in [6.07, 6.45) is 1.02. The average molecular weight is 239 g/mol. The van der Waals surface area contributed by atoms with Crippen LogP contribution in [-0.4, -0.2) is 21.6 Å². The standard InChI is InChI=1S/C15H17N3/c1-11(2)18-9-8-14-13(10-18)15(17-16-14)12-6-4-3-5-7-12/h3-7H,1,8-10H2,2H3,(H,16,17). The highest BCUT2D eigenvalue weighted by Crippen LogP contribution is 2.29. The zero-order valence-electron chi connectivity index (χ0n) is 10.6. The number of hydrogen-bond acceptors (Lipinski definition) is 2. The molecule has 3 heteroatoms. The van der Waals surface area contributed by atoms with Crippen LogP contribution >= 0.6 is 0 Å². The van der Waals surface area contributed by atoms with E-state index in [2.05, 4.69) is 52.9 Å². The number of aromatic amines is 1. The Morgan fingerprint density at radius 2 is 2.11 bits per heavy atom. The minimum absolute atomic E-state index is 0.908. The molecule has 1 aromatic heterocycles. The van der Waals surface area contributed by atoms with Gasteiger partial charge in [0.1, 0.15) is 0 Å². The second-order valence-corrected chi connectivity index (χ2v) is 4.80. The summed E-state index contributed by atoms with van der Waals surface area (Å²) in [5, 5.41) is 7.66. The van der Waals surface area contributed by atoms with Gasteiger partial charge < -0.3 is 4.90 Å². The fourth-order valence-corrected chi connectivity index (χ4v) is 2.46. The number of nitrogens with zero attached hydrogens (tertiary/aromatic N) is 2. The maximum Gasteiger partial charge on any atom is 0.0973 e. The molecule has 3 nitrogen and oxygen atoms in total. The lowest BCUT2D eigenvalue weighted by Gasteiger charge is -2.29. The molecule has 0 bridgehead atoms. The Bertz CT molecular complexity index is 569. The van der Waals surface area contributed by atoms with Gasteiger partial charge in [-0.25, -0.2) is 0 Å². The lowest BCUT2D eigenvalue weighted by molar-refractivity contribution is 0.323. The van der Waals surface area contributed by atoms with Crippen molar-refractivity contribution >= 4 is 0 Å². The third-order valence-electron chi connectivity index (χ3n) is 3.52. The molecule has 92 valence electrons. The maximum absolute atomic E-state index is 4.48. The quantitative estimate of drug-likeness (QED) is 0.873. The Hall–Kier alpha value is -2.03. The Balaban J connectivity index is 2.00. The summed E-state index contributed by atoms with van der Waals surface area (Å²) in [6, 6.07) is 10.3. The van der Waals surface area contributed by atoms with E-state index in [0.717, 1.165) is 30.9 Å². The second-order valence-electron chi connectivity index (χ2n) is 4.80. The minimum atomic E-state index is 0.908. The number of benzene rings is 1. The lowest BCUT2D eigenvalue weighted by atomic mass is 10.0. The van der Waals surface area contributed by atoms with Gasteiger partial charge in [-0.3, -0.25) is 5.10 Å². The zero-order chi connectivity index (χ0) is 12.5. The summed E-state index contributed by atoms with van der Waals surface area (Å²) in [7, 11) is 0. The fourth-order valence-electron chi connectivity index (χ4n) is 2.46. The van der Waals surface area contributed by atoms with Crippen molar-refractivity contribution in [1.29, 1.82) is 0 Å². The highest BCUT2D eigenvalue weighted by atomic mass is 15.2. The Labute approximate surface area is 107 Å². The second kappa shape index (κ2) is 4.33. The van der Waals surface area contributed by atoms with Crippen LogP contribution in [0.2, 0.25) is 0 Å². The first kappa shape index (κ1) is 11.1. The summed E-state index contributed by atoms with van der Waals surface area (Å²) >= 11 is 0. The van der Waals surface area contributed by atoms with Crippen molar-refractivity contribution in [3.05, 3.63) is 53.9 Å². The van der Waals surface area contributed by atoms with Gasteiger partial charge in [-0.1, -0.05) is 36.9 Å². The molecule has 18 heavy (non-hydrogen) atoms. The van der Waals surface area contributed by atoms with Crippen LogP contribution in [-0.2, 0) is 13.0 Å². The van der Waals surface area contributed by atoms with Crippen molar-refractivity contribution in [1.82, 2.24) is 15.1 Å². The Morgan fingerprint density at radius 3 is 2.83 bits per heavy atom. The number of fused-ring (bicyclic) bond motifs is 1. The number of nitrogens with one attached hydrogen (secondary N) is 1. The van der Waals surface area contributed by atoms with Crippen molar-refractivity contribution in [3.63, 3.8) is 0 Å². The monoisotopic (exact) mass is 239 g/mol. The predicted octanol–water partition coefficient (Wildman–Crippen LogP) is 2.97. The van der Waals surface area contributed by atoms with Crippen molar-refractivity contribution in [2.45, 2.75) is 19.9 Å². The van der Waals surface area contributed by atoms with E-state index >= 15 is 0 Å². The molecule has 1 aliphatic heterocycles. The van der Waals surface area contributed by atoms with Gasteiger partial charge in [-0.2, -0.15) is 5.10 Å². The molecule has 2 heterocycles. The largest absolute Gasteiger partial charge is 0.371 e. The van der Waals surface area contributed by atoms with Crippen LogP contribution in [0.15, 0.2) is 42.6 Å². The number of allylic oxidation sites excluding steroid dienone is 1. The van der Waals surface area contributed by atoms with E-state index in [1.54, 1.807) is 0 Å². The third-order valence-corrected chi connectivity index (χ3v) is 3.52. The number of rotatable bonds is 2. The smallest absolute Gasteiger partial charge is 0.0973 e. The van der Waals surface area contributed by atoms with Crippen molar-refractivity contribution < 1.29 is 0 Å². The van der Waals surface area contributed by atoms with Gasteiger partial charge >= 0.3 is 0 Å². The third kappa shape index (κ3) is 1.82. The van der Waals surface area contributed by atoms with Gasteiger partial charge in [0, 0.05) is 42.0 Å². The molecule has 0 amide bonds. The van der Waals surface area contributed by atoms with Crippen molar-refractivity contribution in [3.8, 4) is 11.3 Å². The molecule has 0 radical (unpaired) electrons. The first-order valence-electron chi connectivity index (χ1n) is 6.27. The number of aromatic nitrogens is 2. The molecule has 0 saturated heterocycles. The molecule has 0 saturated carbocycles. The normalized spacial score (nSPS) is 14.4. The lowest BCUT2D eigenvalue weighted by Crippen LogP contribution is -2.28. The van der Waals surface area contributed by atoms with Crippen molar-refractivity contribution in [2.24, 2.45) is 0 Å². The highest BCUT2D eigenvalue weighted by molar-refractivity contribution is 5.64. The van der Waals surface area contributed by atoms with Crippen LogP contribution in [0.25, 0.3) is 11.3 Å². The van der Waals surface area contributed by atoms with E-state index in [1.807, 2.05) is 6.07 Å². The summed E-state index contributed by atoms with van der Waals surface area (Å²) in [5.41, 5.74) is 5.97. The summed E-state index contributed by atoms with van der Waals surface area (Å²) in [4.78, 5) is 2.31. The van der Waals surface area contributed by atoms with Gasteiger partial charge in [0.05, 0.1) is 5.69 Å². The molecule has 0 atom stereocenters. The fraction of sp³-hybridized carbons (Fsp3) is 0.267. The van der Waals surface area contributed by atoms with Crippen molar-refractivity contribution in [2.75, 3.05) is 6.54 Å². The number of H-pyrrole nitrogens is 1. The zero-order valence-corrected chi connectivity index (χ0v) is 10.6. The van der Waals surface area contributed by atoms with E-state index in [4.69, 9.17) is 0 Å². The molecular formula is C15H17N3. The highest BCUT2D eigenvalue weighted by Gasteiger charge is 2.22. The molecule has 1 N–H and O–H groups in total. The van der Waals surface area contributed by atoms with Gasteiger partial charge in [0.15, 0.2) is 0 Å². The first-order valence-corrected chi connectivity index (χ1v) is 6.27. The Kier molecular flexibility index (Phi) is 2.67. The molecule has 1 aromatic carbocycles. The van der Waals surface area contributed by atoms with E-state index < -0.39 is 0 Å². The van der Waals surface area contributed by atoms with Gasteiger partial charge in [0.25, 0.3) is 0 Å². The molecule has 0 spiro atoms. The van der Waals surface area contributed by atoms with Gasteiger partial charge in [-0.05, 0) is 6.92 Å². The minimum Gasteiger partial charge on any atom is -0.371 e. The Morgan fingerprint density at radius 1 is 1.33 bits per heavy atom. The van der Waals surface area contributed by atoms with Crippen LogP contribution in [0.1, 0.15) is 18.2 Å². The van der Waals surface area contributed by atoms with Gasteiger partial charge in [0.2, 0.25) is 0 Å². The van der Waals surface area contributed by atoms with Crippen LogP contribution in [0.4, 0.5) is 0 Å². The number of hydrogen-bond donors (Lipinski definition) is 1. The average Bonchev–Trinajstić information content (AvgIpc) is 2.82. The van der Waals surface area contributed by atoms with Crippen LogP contribution in [0.3, 0.4) is 0 Å². The topological polar surface area (TPSA) is 31.9 Å². The molecule has 2 aromatic rings. The SMILES string of the molecule is C=C(C)N1CCc2[nH]nc(-c3ccccc3)c2C1. The van der Waals surface area contributed by atoms with E-state index in [-0.39, 0.29) is 0 Å². The molecule has 3 rings (SSSR count). The molecule has 1 aliphatic rings. The van der Waals surface area contributed by atoms with E-state index in [0.29, 0.717) is 0 Å². The van der Waals surface area contributed by atoms with Gasteiger partial charge in [-0.15, -0.1) is 0 Å². The molecular weight excluding hydrogens is 222 g/mol.